The zero-order chi connectivity index (χ0) is 31.2. The number of nitrogens with one attached hydrogen (secondary N) is 1. The van der Waals surface area contributed by atoms with Gasteiger partial charge in [0.15, 0.2) is 0 Å². The van der Waals surface area contributed by atoms with Crippen molar-refractivity contribution in [3.05, 3.63) is 0 Å². The fourth-order valence-corrected chi connectivity index (χ4v) is 2.91. The number of hydrogen-bond acceptors (Lipinski definition) is 14. The highest BCUT2D eigenvalue weighted by Crippen LogP contribution is 1.88. The largest absolute Gasteiger partial charge is 0.379 e. The molecule has 43 heavy (non-hydrogen) atoms. The first-order chi connectivity index (χ1) is 21.3. The van der Waals surface area contributed by atoms with Crippen molar-refractivity contribution in [1.82, 2.24) is 5.32 Å². The summed E-state index contributed by atoms with van der Waals surface area (Å²) in [6.07, 6.45) is 0.443. The molecule has 0 aliphatic carbocycles. The molecule has 0 heterocycles. The molecule has 0 aromatic rings. The van der Waals surface area contributed by atoms with Gasteiger partial charge in [-0.1, -0.05) is 0 Å². The van der Waals surface area contributed by atoms with E-state index in [-0.39, 0.29) is 5.78 Å². The van der Waals surface area contributed by atoms with Crippen molar-refractivity contribution in [1.29, 1.82) is 0 Å². The number of carbonyl (C=O) groups is 1. The van der Waals surface area contributed by atoms with E-state index in [2.05, 4.69) is 5.32 Å². The molecule has 0 rings (SSSR count). The molecule has 0 aliphatic heterocycles. The molecule has 0 radical (unpaired) electrons. The fraction of sp³-hybridized carbons (Fsp3) is 0.966. The highest BCUT2D eigenvalue weighted by Gasteiger charge is 1.97. The van der Waals surface area contributed by atoms with Crippen LogP contribution in [0.25, 0.3) is 0 Å². The molecule has 0 aromatic heterocycles. The summed E-state index contributed by atoms with van der Waals surface area (Å²) < 4.78 is 65.0. The van der Waals surface area contributed by atoms with Gasteiger partial charge in [0.1, 0.15) is 5.78 Å². The second-order valence-electron chi connectivity index (χ2n) is 8.90. The molecule has 1 N–H and O–H groups in total. The lowest BCUT2D eigenvalue weighted by molar-refractivity contribution is -0.118. The van der Waals surface area contributed by atoms with E-state index in [9.17, 15) is 4.79 Å². The van der Waals surface area contributed by atoms with E-state index in [1.807, 2.05) is 7.05 Å². The predicted octanol–water partition coefficient (Wildman–Crippen LogP) is 0.384. The van der Waals surface area contributed by atoms with Crippen LogP contribution >= 0.6 is 0 Å². The van der Waals surface area contributed by atoms with Crippen molar-refractivity contribution in [3.8, 4) is 0 Å². The van der Waals surface area contributed by atoms with Gasteiger partial charge < -0.3 is 62.2 Å². The van der Waals surface area contributed by atoms with Gasteiger partial charge in [0.05, 0.1) is 159 Å². The Bertz CT molecular complexity index is 535. The fourth-order valence-electron chi connectivity index (χ4n) is 2.91. The van der Waals surface area contributed by atoms with Crippen molar-refractivity contribution in [2.45, 2.75) is 13.3 Å². The van der Waals surface area contributed by atoms with E-state index in [0.717, 1.165) is 6.54 Å². The number of hydrogen-bond donors (Lipinski definition) is 1. The van der Waals surface area contributed by atoms with E-state index in [1.165, 1.54) is 0 Å². The molecular formula is C29H59NO13. The smallest absolute Gasteiger partial charge is 0.132 e. The third kappa shape index (κ3) is 41.1. The number of ketones is 1. The first kappa shape index (κ1) is 42.1. The molecular weight excluding hydrogens is 570 g/mol. The Morgan fingerprint density at radius 1 is 0.349 bits per heavy atom. The van der Waals surface area contributed by atoms with Gasteiger partial charge in [-0.05, 0) is 14.0 Å². The van der Waals surface area contributed by atoms with E-state index >= 15 is 0 Å². The van der Waals surface area contributed by atoms with Crippen molar-refractivity contribution >= 4 is 5.78 Å². The normalized spacial score (nSPS) is 11.5. The summed E-state index contributed by atoms with van der Waals surface area (Å²) in [7, 11) is 1.89. The highest BCUT2D eigenvalue weighted by molar-refractivity contribution is 5.75. The van der Waals surface area contributed by atoms with Gasteiger partial charge >= 0.3 is 0 Å². The zero-order valence-electron chi connectivity index (χ0n) is 26.7. The molecule has 0 amide bonds. The van der Waals surface area contributed by atoms with Crippen LogP contribution in [-0.2, 0) is 61.6 Å². The maximum absolute atomic E-state index is 10.8. The average molecular weight is 630 g/mol. The Morgan fingerprint density at radius 3 is 0.721 bits per heavy atom. The molecule has 14 heteroatoms. The number of ether oxygens (including phenoxy) is 12. The van der Waals surface area contributed by atoms with Crippen LogP contribution < -0.4 is 5.32 Å². The lowest BCUT2D eigenvalue weighted by Gasteiger charge is -2.09. The minimum absolute atomic E-state index is 0.126. The summed E-state index contributed by atoms with van der Waals surface area (Å²) in [5.41, 5.74) is 0. The van der Waals surface area contributed by atoms with Gasteiger partial charge in [0, 0.05) is 13.0 Å². The highest BCUT2D eigenvalue weighted by atomic mass is 16.6. The first-order valence-corrected chi connectivity index (χ1v) is 15.3. The van der Waals surface area contributed by atoms with Crippen LogP contribution in [0.1, 0.15) is 13.3 Å². The van der Waals surface area contributed by atoms with Crippen LogP contribution in [-0.4, -0.2) is 178 Å². The van der Waals surface area contributed by atoms with Crippen LogP contribution in [0.4, 0.5) is 0 Å². The Labute approximate surface area is 258 Å². The average Bonchev–Trinajstić information content (AvgIpc) is 3.00. The third-order valence-corrected chi connectivity index (χ3v) is 5.19. The maximum atomic E-state index is 10.8. The molecule has 0 bridgehead atoms. The summed E-state index contributed by atoms with van der Waals surface area (Å²) in [5.74, 6) is 0.126. The van der Waals surface area contributed by atoms with Crippen molar-refractivity contribution in [2.24, 2.45) is 0 Å². The van der Waals surface area contributed by atoms with E-state index in [0.29, 0.717) is 165 Å². The van der Waals surface area contributed by atoms with Gasteiger partial charge in [-0.2, -0.15) is 0 Å². The second-order valence-corrected chi connectivity index (χ2v) is 8.90. The van der Waals surface area contributed by atoms with Crippen LogP contribution in [0, 0.1) is 0 Å². The molecule has 0 saturated heterocycles. The number of carbonyl (C=O) groups excluding carboxylic acids is 1. The SMILES string of the molecule is CNCCOCCOCCOCCOCCOCCOCCOCCOCCOCCOCCOCCOCCC(C)=O. The lowest BCUT2D eigenvalue weighted by Crippen LogP contribution is -2.17. The minimum atomic E-state index is 0.126. The van der Waals surface area contributed by atoms with Gasteiger partial charge in [-0.25, -0.2) is 0 Å². The monoisotopic (exact) mass is 629 g/mol. The molecule has 14 nitrogen and oxygen atoms in total. The number of rotatable bonds is 39. The molecule has 0 aliphatic rings. The van der Waals surface area contributed by atoms with Crippen molar-refractivity contribution < 1.29 is 61.6 Å². The summed E-state index contributed by atoms with van der Waals surface area (Å²) >= 11 is 0. The summed E-state index contributed by atoms with van der Waals surface area (Å²) in [4.78, 5) is 10.8. The quantitative estimate of drug-likeness (QED) is 0.0938. The molecule has 0 saturated carbocycles. The second kappa shape index (κ2) is 39.2. The number of likely N-dealkylation sites (N-methyl/N-ethyl adjacent to an activating group) is 1. The molecule has 0 atom stereocenters. The molecule has 258 valence electrons. The Hall–Kier alpha value is -0.850. The van der Waals surface area contributed by atoms with Crippen LogP contribution in [0.5, 0.6) is 0 Å². The minimum Gasteiger partial charge on any atom is -0.379 e. The summed E-state index contributed by atoms with van der Waals surface area (Å²) in [6.45, 7) is 14.9. The van der Waals surface area contributed by atoms with Gasteiger partial charge in [-0.15, -0.1) is 0 Å². The Balaban J connectivity index is 3.03. The van der Waals surface area contributed by atoms with Gasteiger partial charge in [0.25, 0.3) is 0 Å². The summed E-state index contributed by atoms with van der Waals surface area (Å²) in [5, 5.41) is 3.02. The zero-order valence-corrected chi connectivity index (χ0v) is 26.7. The summed E-state index contributed by atoms with van der Waals surface area (Å²) in [6, 6.07) is 0. The maximum Gasteiger partial charge on any atom is 0.132 e. The third-order valence-electron chi connectivity index (χ3n) is 5.19. The van der Waals surface area contributed by atoms with E-state index < -0.39 is 0 Å². The molecule has 0 fully saturated rings. The van der Waals surface area contributed by atoms with Gasteiger partial charge in [0.2, 0.25) is 0 Å². The van der Waals surface area contributed by atoms with Crippen LogP contribution in [0.15, 0.2) is 0 Å². The number of Topliss-reactive ketones (excluding diaryl/α,β-unsaturated/α-hetero) is 1. The Kier molecular flexibility index (Phi) is 38.4. The molecule has 0 unspecified atom stereocenters. The molecule has 0 spiro atoms. The van der Waals surface area contributed by atoms with Crippen LogP contribution in [0.3, 0.4) is 0 Å². The Morgan fingerprint density at radius 2 is 0.535 bits per heavy atom. The van der Waals surface area contributed by atoms with Crippen molar-refractivity contribution in [3.63, 3.8) is 0 Å². The molecule has 0 aromatic carbocycles. The standard InChI is InChI=1S/C29H59NO13/c1-29(31)3-5-32-7-9-34-11-13-36-15-17-38-19-21-40-23-25-42-27-28-43-26-24-41-22-20-39-18-16-37-14-12-35-10-8-33-6-4-30-2/h30H,3-28H2,1-2H3. The predicted molar refractivity (Wildman–Crippen MR) is 159 cm³/mol. The van der Waals surface area contributed by atoms with E-state index in [1.54, 1.807) is 6.92 Å². The first-order valence-electron chi connectivity index (χ1n) is 15.3. The van der Waals surface area contributed by atoms with Gasteiger partial charge in [-0.3, -0.25) is 4.79 Å². The van der Waals surface area contributed by atoms with Crippen molar-refractivity contribution in [2.75, 3.05) is 172 Å². The topological polar surface area (TPSA) is 140 Å². The lowest BCUT2D eigenvalue weighted by atomic mass is 10.3. The van der Waals surface area contributed by atoms with Crippen LogP contribution in [0.2, 0.25) is 0 Å². The van der Waals surface area contributed by atoms with E-state index in [4.69, 9.17) is 56.8 Å².